The molecule has 2 aromatic heterocycles. The number of hydrogen-bond donors (Lipinski definition) is 1. The third kappa shape index (κ3) is 4.25. The summed E-state index contributed by atoms with van der Waals surface area (Å²) in [5, 5.41) is 5.91. The first kappa shape index (κ1) is 12.7. The second kappa shape index (κ2) is 6.86. The van der Waals surface area contributed by atoms with Gasteiger partial charge in [-0.15, -0.1) is 11.3 Å². The number of thiazole rings is 1. The molecule has 0 saturated carbocycles. The van der Waals surface area contributed by atoms with E-state index in [0.717, 1.165) is 23.4 Å². The first-order valence-electron chi connectivity index (χ1n) is 5.88. The summed E-state index contributed by atoms with van der Waals surface area (Å²) in [6.45, 7) is 0.655. The fraction of sp³-hybridized carbons (Fsp3) is 0.308. The molecule has 0 radical (unpaired) electrons. The first-order valence-corrected chi connectivity index (χ1v) is 6.76. The Balaban J connectivity index is 1.63. The van der Waals surface area contributed by atoms with Crippen molar-refractivity contribution in [2.45, 2.75) is 19.3 Å². The van der Waals surface area contributed by atoms with Gasteiger partial charge in [-0.2, -0.15) is 0 Å². The molecule has 0 unspecified atom stereocenters. The van der Waals surface area contributed by atoms with Crippen molar-refractivity contribution in [3.8, 4) is 0 Å². The maximum absolute atomic E-state index is 11.6. The number of rotatable bonds is 6. The highest BCUT2D eigenvalue weighted by molar-refractivity contribution is 7.09. The molecular formula is C13H15N3OS. The Morgan fingerprint density at radius 1 is 1.22 bits per heavy atom. The zero-order valence-corrected chi connectivity index (χ0v) is 10.8. The van der Waals surface area contributed by atoms with E-state index in [1.807, 2.05) is 17.5 Å². The van der Waals surface area contributed by atoms with E-state index in [-0.39, 0.29) is 5.91 Å². The molecule has 0 aliphatic rings. The molecule has 4 nitrogen and oxygen atoms in total. The average molecular weight is 261 g/mol. The lowest BCUT2D eigenvalue weighted by atomic mass is 10.1. The van der Waals surface area contributed by atoms with Crippen LogP contribution in [0.25, 0.3) is 0 Å². The normalized spacial score (nSPS) is 10.2. The number of aromatic nitrogens is 2. The Morgan fingerprint density at radius 2 is 2.06 bits per heavy atom. The van der Waals surface area contributed by atoms with Gasteiger partial charge in [-0.05, 0) is 24.1 Å². The molecule has 0 fully saturated rings. The molecule has 2 rings (SSSR count). The van der Waals surface area contributed by atoms with Gasteiger partial charge in [0.2, 0.25) is 5.91 Å². The Labute approximate surface area is 110 Å². The van der Waals surface area contributed by atoms with E-state index in [0.29, 0.717) is 13.0 Å². The van der Waals surface area contributed by atoms with Crippen molar-refractivity contribution < 1.29 is 4.79 Å². The molecule has 18 heavy (non-hydrogen) atoms. The van der Waals surface area contributed by atoms with Crippen LogP contribution in [0.2, 0.25) is 0 Å². The fourth-order valence-corrected chi connectivity index (χ4v) is 2.20. The highest BCUT2D eigenvalue weighted by Gasteiger charge is 2.02. The largest absolute Gasteiger partial charge is 0.356 e. The van der Waals surface area contributed by atoms with Gasteiger partial charge in [0, 0.05) is 43.4 Å². The number of carbonyl (C=O) groups excluding carboxylic acids is 1. The Kier molecular flexibility index (Phi) is 4.84. The lowest BCUT2D eigenvalue weighted by molar-refractivity contribution is -0.121. The van der Waals surface area contributed by atoms with Crippen molar-refractivity contribution in [1.29, 1.82) is 0 Å². The van der Waals surface area contributed by atoms with Crippen LogP contribution in [0.5, 0.6) is 0 Å². The molecule has 0 aromatic carbocycles. The summed E-state index contributed by atoms with van der Waals surface area (Å²) in [6, 6.07) is 3.87. The lowest BCUT2D eigenvalue weighted by Crippen LogP contribution is -2.25. The van der Waals surface area contributed by atoms with Crippen molar-refractivity contribution in [3.05, 3.63) is 46.7 Å². The molecule has 0 aliphatic carbocycles. The molecule has 0 aliphatic heterocycles. The number of hydrogen-bond acceptors (Lipinski definition) is 4. The van der Waals surface area contributed by atoms with Gasteiger partial charge in [0.1, 0.15) is 0 Å². The van der Waals surface area contributed by atoms with Crippen LogP contribution in [0.4, 0.5) is 0 Å². The van der Waals surface area contributed by atoms with E-state index in [1.165, 1.54) is 0 Å². The molecule has 5 heteroatoms. The molecule has 0 atom stereocenters. The van der Waals surface area contributed by atoms with Gasteiger partial charge < -0.3 is 5.32 Å². The van der Waals surface area contributed by atoms with Crippen molar-refractivity contribution in [2.75, 3.05) is 6.54 Å². The predicted molar refractivity (Wildman–Crippen MR) is 71.4 cm³/mol. The van der Waals surface area contributed by atoms with Crippen LogP contribution in [-0.4, -0.2) is 22.4 Å². The van der Waals surface area contributed by atoms with Crippen LogP contribution in [0.3, 0.4) is 0 Å². The van der Waals surface area contributed by atoms with Crippen LogP contribution in [0.1, 0.15) is 17.0 Å². The van der Waals surface area contributed by atoms with Crippen LogP contribution in [0.15, 0.2) is 36.1 Å². The maximum Gasteiger partial charge on any atom is 0.220 e. The van der Waals surface area contributed by atoms with Crippen LogP contribution < -0.4 is 5.32 Å². The second-order valence-corrected chi connectivity index (χ2v) is 4.86. The van der Waals surface area contributed by atoms with Gasteiger partial charge in [0.25, 0.3) is 0 Å². The number of carbonyl (C=O) groups is 1. The Hall–Kier alpha value is -1.75. The zero-order chi connectivity index (χ0) is 12.6. The van der Waals surface area contributed by atoms with Crippen LogP contribution >= 0.6 is 11.3 Å². The Bertz CT molecular complexity index is 470. The second-order valence-electron chi connectivity index (χ2n) is 3.88. The summed E-state index contributed by atoms with van der Waals surface area (Å²) in [4.78, 5) is 19.7. The quantitative estimate of drug-likeness (QED) is 0.863. The highest BCUT2D eigenvalue weighted by Crippen LogP contribution is 2.04. The number of amides is 1. The van der Waals surface area contributed by atoms with E-state index in [4.69, 9.17) is 0 Å². The molecule has 0 bridgehead atoms. The molecular weight excluding hydrogens is 246 g/mol. The molecule has 94 valence electrons. The highest BCUT2D eigenvalue weighted by atomic mass is 32.1. The topological polar surface area (TPSA) is 54.9 Å². The summed E-state index contributed by atoms with van der Waals surface area (Å²) in [7, 11) is 0. The monoisotopic (exact) mass is 261 g/mol. The Morgan fingerprint density at radius 3 is 2.78 bits per heavy atom. The minimum Gasteiger partial charge on any atom is -0.356 e. The van der Waals surface area contributed by atoms with E-state index < -0.39 is 0 Å². The number of nitrogens with one attached hydrogen (secondary N) is 1. The van der Waals surface area contributed by atoms with Crippen LogP contribution in [-0.2, 0) is 17.6 Å². The molecule has 2 heterocycles. The SMILES string of the molecule is O=C(CCc1ccncc1)NCCc1nccs1. The third-order valence-corrected chi connectivity index (χ3v) is 3.37. The lowest BCUT2D eigenvalue weighted by Gasteiger charge is -2.03. The maximum atomic E-state index is 11.6. The minimum absolute atomic E-state index is 0.0865. The van der Waals surface area contributed by atoms with Gasteiger partial charge in [-0.25, -0.2) is 4.98 Å². The van der Waals surface area contributed by atoms with Crippen molar-refractivity contribution in [2.24, 2.45) is 0 Å². The van der Waals surface area contributed by atoms with Crippen molar-refractivity contribution in [1.82, 2.24) is 15.3 Å². The smallest absolute Gasteiger partial charge is 0.220 e. The van der Waals surface area contributed by atoms with E-state index in [9.17, 15) is 4.79 Å². The average Bonchev–Trinajstić information content (AvgIpc) is 2.91. The van der Waals surface area contributed by atoms with Crippen molar-refractivity contribution >= 4 is 17.2 Å². The minimum atomic E-state index is 0.0865. The zero-order valence-electron chi connectivity index (χ0n) is 10.0. The number of nitrogens with zero attached hydrogens (tertiary/aromatic N) is 2. The van der Waals surface area contributed by atoms with Crippen LogP contribution in [0, 0.1) is 0 Å². The van der Waals surface area contributed by atoms with Gasteiger partial charge in [-0.1, -0.05) is 0 Å². The molecule has 1 amide bonds. The summed E-state index contributed by atoms with van der Waals surface area (Å²) in [6.07, 6.45) is 7.35. The predicted octanol–water partition coefficient (Wildman–Crippen LogP) is 1.83. The molecule has 1 N–H and O–H groups in total. The van der Waals surface area contributed by atoms with Crippen molar-refractivity contribution in [3.63, 3.8) is 0 Å². The molecule has 0 spiro atoms. The van der Waals surface area contributed by atoms with E-state index in [1.54, 1.807) is 29.9 Å². The van der Waals surface area contributed by atoms with Gasteiger partial charge in [0.05, 0.1) is 5.01 Å². The van der Waals surface area contributed by atoms with E-state index >= 15 is 0 Å². The number of aryl methyl sites for hydroxylation is 1. The summed E-state index contributed by atoms with van der Waals surface area (Å²) < 4.78 is 0. The summed E-state index contributed by atoms with van der Waals surface area (Å²) in [5.41, 5.74) is 1.14. The van der Waals surface area contributed by atoms with Gasteiger partial charge in [0.15, 0.2) is 0 Å². The summed E-state index contributed by atoms with van der Waals surface area (Å²) >= 11 is 1.62. The molecule has 0 saturated heterocycles. The number of pyridine rings is 1. The van der Waals surface area contributed by atoms with Gasteiger partial charge >= 0.3 is 0 Å². The van der Waals surface area contributed by atoms with E-state index in [2.05, 4.69) is 15.3 Å². The third-order valence-electron chi connectivity index (χ3n) is 2.53. The standard InChI is InChI=1S/C13H15N3OS/c17-12(2-1-11-3-6-14-7-4-11)15-8-5-13-16-9-10-18-13/h3-4,6-7,9-10H,1-2,5,8H2,(H,15,17). The summed E-state index contributed by atoms with van der Waals surface area (Å²) in [5.74, 6) is 0.0865. The first-order chi connectivity index (χ1) is 8.84. The van der Waals surface area contributed by atoms with Gasteiger partial charge in [-0.3, -0.25) is 9.78 Å². The molecule has 2 aromatic rings. The fourth-order valence-electron chi connectivity index (χ4n) is 1.58.